The van der Waals surface area contributed by atoms with E-state index in [1.165, 1.54) is 0 Å². The van der Waals surface area contributed by atoms with Crippen LogP contribution in [0.3, 0.4) is 0 Å². The highest BCUT2D eigenvalue weighted by molar-refractivity contribution is 5.36. The van der Waals surface area contributed by atoms with Crippen LogP contribution in [0.4, 0.5) is 11.9 Å². The summed E-state index contributed by atoms with van der Waals surface area (Å²) in [4.78, 5) is 15.2. The number of likely N-dealkylation sites (tertiary alicyclic amines) is 1. The summed E-state index contributed by atoms with van der Waals surface area (Å²) in [6, 6.07) is 0.715. The fraction of sp³-hybridized carbons (Fsp3) is 0.769. The van der Waals surface area contributed by atoms with E-state index in [1.54, 1.807) is 7.11 Å². The Hall–Kier alpha value is -1.63. The fourth-order valence-electron chi connectivity index (χ4n) is 2.48. The van der Waals surface area contributed by atoms with E-state index < -0.39 is 0 Å². The third-order valence-electron chi connectivity index (χ3n) is 3.56. The largest absolute Gasteiger partial charge is 0.467 e. The molecular weight excluding hydrogens is 256 g/mol. The van der Waals surface area contributed by atoms with E-state index in [1.807, 2.05) is 6.92 Å². The summed E-state index contributed by atoms with van der Waals surface area (Å²) < 4.78 is 5.12. The lowest BCUT2D eigenvalue weighted by Crippen LogP contribution is -2.43. The highest BCUT2D eigenvalue weighted by Crippen LogP contribution is 2.20. The maximum Gasteiger partial charge on any atom is 0.322 e. The molecule has 0 amide bonds. The number of aromatic nitrogens is 3. The second-order valence-electron chi connectivity index (χ2n) is 5.28. The summed E-state index contributed by atoms with van der Waals surface area (Å²) in [5.41, 5.74) is 0. The van der Waals surface area contributed by atoms with Crippen molar-refractivity contribution in [2.24, 2.45) is 5.92 Å². The Labute approximate surface area is 120 Å². The molecule has 0 spiro atoms. The first-order valence-electron chi connectivity index (χ1n) is 7.11. The molecule has 1 aromatic heterocycles. The average Bonchev–Trinajstić information content (AvgIpc) is 2.42. The molecule has 1 aromatic rings. The van der Waals surface area contributed by atoms with Gasteiger partial charge in [-0.15, -0.1) is 0 Å². The van der Waals surface area contributed by atoms with Crippen molar-refractivity contribution in [3.8, 4) is 6.01 Å². The SMILES string of the molecule is CCNc1nc(NC2CCN(C)CC2C)nc(OC)n1. The first kappa shape index (κ1) is 14.8. The summed E-state index contributed by atoms with van der Waals surface area (Å²) in [7, 11) is 3.72. The van der Waals surface area contributed by atoms with E-state index in [9.17, 15) is 0 Å². The number of anilines is 2. The van der Waals surface area contributed by atoms with Crippen molar-refractivity contribution in [2.45, 2.75) is 26.3 Å². The van der Waals surface area contributed by atoms with Crippen molar-refractivity contribution >= 4 is 11.9 Å². The maximum atomic E-state index is 5.12. The molecule has 0 radical (unpaired) electrons. The number of hydrogen-bond donors (Lipinski definition) is 2. The van der Waals surface area contributed by atoms with Crippen LogP contribution in [0.5, 0.6) is 6.01 Å². The van der Waals surface area contributed by atoms with Gasteiger partial charge >= 0.3 is 6.01 Å². The van der Waals surface area contributed by atoms with Gasteiger partial charge in [-0.3, -0.25) is 0 Å². The third-order valence-corrected chi connectivity index (χ3v) is 3.56. The summed E-state index contributed by atoms with van der Waals surface area (Å²) in [6.45, 7) is 7.18. The number of rotatable bonds is 5. The van der Waals surface area contributed by atoms with Gasteiger partial charge in [-0.1, -0.05) is 6.92 Å². The lowest BCUT2D eigenvalue weighted by Gasteiger charge is -2.35. The van der Waals surface area contributed by atoms with Gasteiger partial charge in [0.05, 0.1) is 7.11 Å². The first-order valence-corrected chi connectivity index (χ1v) is 7.11. The van der Waals surface area contributed by atoms with Gasteiger partial charge in [-0.05, 0) is 32.9 Å². The second kappa shape index (κ2) is 6.69. The molecule has 2 N–H and O–H groups in total. The van der Waals surface area contributed by atoms with E-state index >= 15 is 0 Å². The molecule has 2 rings (SSSR count). The zero-order chi connectivity index (χ0) is 14.5. The normalized spacial score (nSPS) is 23.4. The van der Waals surface area contributed by atoms with Crippen molar-refractivity contribution in [1.82, 2.24) is 19.9 Å². The molecule has 7 nitrogen and oxygen atoms in total. The van der Waals surface area contributed by atoms with Crippen molar-refractivity contribution in [1.29, 1.82) is 0 Å². The molecule has 0 bridgehead atoms. The van der Waals surface area contributed by atoms with Crippen LogP contribution in [0.15, 0.2) is 0 Å². The standard InChI is InChI=1S/C13H24N6O/c1-5-14-11-16-12(18-13(17-11)20-4)15-10-6-7-19(3)8-9(10)2/h9-10H,5-8H2,1-4H3,(H2,14,15,16,17,18). The number of ether oxygens (including phenoxy) is 1. The molecule has 7 heteroatoms. The first-order chi connectivity index (χ1) is 9.62. The number of hydrogen-bond acceptors (Lipinski definition) is 7. The van der Waals surface area contributed by atoms with Crippen LogP contribution in [-0.4, -0.2) is 59.7 Å². The molecule has 20 heavy (non-hydrogen) atoms. The minimum Gasteiger partial charge on any atom is -0.467 e. The number of nitrogens with zero attached hydrogens (tertiary/aromatic N) is 4. The lowest BCUT2D eigenvalue weighted by atomic mass is 9.94. The summed E-state index contributed by atoms with van der Waals surface area (Å²) in [6.07, 6.45) is 1.09. The van der Waals surface area contributed by atoms with E-state index in [2.05, 4.69) is 44.5 Å². The molecule has 1 saturated heterocycles. The number of piperidine rings is 1. The molecular formula is C13H24N6O. The molecule has 1 aliphatic rings. The van der Waals surface area contributed by atoms with E-state index in [4.69, 9.17) is 4.74 Å². The van der Waals surface area contributed by atoms with Gasteiger partial charge in [0.2, 0.25) is 11.9 Å². The van der Waals surface area contributed by atoms with E-state index in [0.717, 1.165) is 26.1 Å². The van der Waals surface area contributed by atoms with Gasteiger partial charge in [-0.25, -0.2) is 0 Å². The molecule has 0 aromatic carbocycles. The zero-order valence-corrected chi connectivity index (χ0v) is 12.7. The average molecular weight is 280 g/mol. The van der Waals surface area contributed by atoms with Crippen LogP contribution in [-0.2, 0) is 0 Å². The zero-order valence-electron chi connectivity index (χ0n) is 12.7. The molecule has 1 aliphatic heterocycles. The molecule has 2 unspecified atom stereocenters. The Morgan fingerprint density at radius 1 is 1.30 bits per heavy atom. The summed E-state index contributed by atoms with van der Waals surface area (Å²) in [5.74, 6) is 1.68. The Bertz CT molecular complexity index is 441. The third kappa shape index (κ3) is 3.69. The smallest absolute Gasteiger partial charge is 0.322 e. The van der Waals surface area contributed by atoms with Crippen LogP contribution in [0.25, 0.3) is 0 Å². The Kier molecular flexibility index (Phi) is 4.94. The fourth-order valence-corrected chi connectivity index (χ4v) is 2.48. The molecule has 0 saturated carbocycles. The highest BCUT2D eigenvalue weighted by Gasteiger charge is 2.25. The van der Waals surface area contributed by atoms with Gasteiger partial charge in [0.25, 0.3) is 0 Å². The minimum atomic E-state index is 0.332. The molecule has 112 valence electrons. The monoisotopic (exact) mass is 280 g/mol. The predicted molar refractivity (Wildman–Crippen MR) is 79.2 cm³/mol. The topological polar surface area (TPSA) is 75.2 Å². The molecule has 2 heterocycles. The van der Waals surface area contributed by atoms with Crippen LogP contribution in [0.2, 0.25) is 0 Å². The quantitative estimate of drug-likeness (QED) is 0.835. The van der Waals surface area contributed by atoms with Gasteiger partial charge in [0.1, 0.15) is 0 Å². The van der Waals surface area contributed by atoms with Crippen LogP contribution < -0.4 is 15.4 Å². The minimum absolute atomic E-state index is 0.332. The summed E-state index contributed by atoms with van der Waals surface area (Å²) in [5, 5.41) is 6.50. The van der Waals surface area contributed by atoms with Crippen molar-refractivity contribution in [3.63, 3.8) is 0 Å². The van der Waals surface area contributed by atoms with Crippen molar-refractivity contribution in [2.75, 3.05) is 44.4 Å². The predicted octanol–water partition coefficient (Wildman–Crippen LogP) is 1.06. The Morgan fingerprint density at radius 2 is 2.05 bits per heavy atom. The van der Waals surface area contributed by atoms with E-state index in [0.29, 0.717) is 29.9 Å². The van der Waals surface area contributed by atoms with E-state index in [-0.39, 0.29) is 0 Å². The Morgan fingerprint density at radius 3 is 2.70 bits per heavy atom. The lowest BCUT2D eigenvalue weighted by molar-refractivity contribution is 0.205. The maximum absolute atomic E-state index is 5.12. The van der Waals surface area contributed by atoms with Crippen molar-refractivity contribution in [3.05, 3.63) is 0 Å². The number of nitrogens with one attached hydrogen (secondary N) is 2. The van der Waals surface area contributed by atoms with Gasteiger partial charge in [-0.2, -0.15) is 15.0 Å². The van der Waals surface area contributed by atoms with Crippen LogP contribution in [0, 0.1) is 5.92 Å². The number of methoxy groups -OCH3 is 1. The highest BCUT2D eigenvalue weighted by atomic mass is 16.5. The van der Waals surface area contributed by atoms with Crippen LogP contribution in [0.1, 0.15) is 20.3 Å². The van der Waals surface area contributed by atoms with Gasteiger partial charge < -0.3 is 20.3 Å². The van der Waals surface area contributed by atoms with Gasteiger partial charge in [0.15, 0.2) is 0 Å². The Balaban J connectivity index is 2.09. The molecule has 2 atom stereocenters. The molecule has 0 aliphatic carbocycles. The molecule has 1 fully saturated rings. The van der Waals surface area contributed by atoms with Crippen LogP contribution >= 0.6 is 0 Å². The van der Waals surface area contributed by atoms with Crippen molar-refractivity contribution < 1.29 is 4.74 Å². The summed E-state index contributed by atoms with van der Waals surface area (Å²) >= 11 is 0. The van der Waals surface area contributed by atoms with Gasteiger partial charge in [0, 0.05) is 19.1 Å². The second-order valence-corrected chi connectivity index (χ2v) is 5.28.